The van der Waals surface area contributed by atoms with Crippen LogP contribution in [0.3, 0.4) is 0 Å². The van der Waals surface area contributed by atoms with Crippen molar-refractivity contribution in [3.05, 3.63) is 0 Å². The molecule has 0 N–H and O–H groups in total. The fraction of sp³-hybridized carbons (Fsp3) is 0.917. The quantitative estimate of drug-likeness (QED) is 0.711. The third kappa shape index (κ3) is 2.55. The summed E-state index contributed by atoms with van der Waals surface area (Å²) in [4.78, 5) is 16.1. The largest absolute Gasteiger partial charge is 0.371 e. The summed E-state index contributed by atoms with van der Waals surface area (Å²) in [5, 5.41) is 0. The summed E-state index contributed by atoms with van der Waals surface area (Å²) in [6.07, 6.45) is 2.24. The number of nitrogens with zero attached hydrogens (tertiary/aromatic N) is 2. The van der Waals surface area contributed by atoms with Crippen molar-refractivity contribution in [1.82, 2.24) is 9.80 Å². The van der Waals surface area contributed by atoms with Crippen molar-refractivity contribution in [1.29, 1.82) is 0 Å². The average Bonchev–Trinajstić information content (AvgIpc) is 2.97. The van der Waals surface area contributed by atoms with Crippen LogP contribution in [0.4, 0.5) is 0 Å². The van der Waals surface area contributed by atoms with E-state index in [0.717, 1.165) is 25.9 Å². The molecule has 1 amide bonds. The summed E-state index contributed by atoms with van der Waals surface area (Å²) in [6, 6.07) is 0.417. The van der Waals surface area contributed by atoms with E-state index in [9.17, 15) is 4.79 Å². The molecule has 16 heavy (non-hydrogen) atoms. The van der Waals surface area contributed by atoms with Crippen LogP contribution < -0.4 is 0 Å². The zero-order chi connectivity index (χ0) is 11.8. The SMILES string of the molecule is CC(C)N(C)CC(=O)N1CCOC2(CC2)C1. The summed E-state index contributed by atoms with van der Waals surface area (Å²) >= 11 is 0. The van der Waals surface area contributed by atoms with E-state index in [0.29, 0.717) is 19.2 Å². The molecular weight excluding hydrogens is 204 g/mol. The van der Waals surface area contributed by atoms with E-state index in [1.54, 1.807) is 0 Å². The van der Waals surface area contributed by atoms with Crippen LogP contribution in [0.2, 0.25) is 0 Å². The molecule has 0 unspecified atom stereocenters. The summed E-state index contributed by atoms with van der Waals surface area (Å²) in [7, 11) is 2.00. The van der Waals surface area contributed by atoms with Gasteiger partial charge in [-0.1, -0.05) is 0 Å². The number of morpholine rings is 1. The highest BCUT2D eigenvalue weighted by molar-refractivity contribution is 5.78. The molecule has 1 aliphatic heterocycles. The predicted octanol–water partition coefficient (Wildman–Crippen LogP) is 0.718. The Hall–Kier alpha value is -0.610. The molecule has 2 fully saturated rings. The molecule has 0 aromatic heterocycles. The Balaban J connectivity index is 1.84. The molecule has 0 radical (unpaired) electrons. The van der Waals surface area contributed by atoms with Crippen LogP contribution in [0.5, 0.6) is 0 Å². The van der Waals surface area contributed by atoms with Crippen molar-refractivity contribution in [2.75, 3.05) is 33.3 Å². The smallest absolute Gasteiger partial charge is 0.236 e. The molecule has 2 rings (SSSR count). The molecule has 1 saturated carbocycles. The number of amides is 1. The van der Waals surface area contributed by atoms with Gasteiger partial charge in [0.2, 0.25) is 5.91 Å². The number of carbonyl (C=O) groups is 1. The molecule has 0 aromatic rings. The summed E-state index contributed by atoms with van der Waals surface area (Å²) in [5.41, 5.74) is 0.0459. The third-order valence-corrected chi connectivity index (χ3v) is 3.68. The molecule has 1 aliphatic carbocycles. The molecule has 2 aliphatic rings. The minimum atomic E-state index is 0.0459. The summed E-state index contributed by atoms with van der Waals surface area (Å²) in [5.74, 6) is 0.241. The number of ether oxygens (including phenoxy) is 1. The molecule has 4 heteroatoms. The average molecular weight is 226 g/mol. The van der Waals surface area contributed by atoms with Gasteiger partial charge in [-0.25, -0.2) is 0 Å². The maximum Gasteiger partial charge on any atom is 0.236 e. The van der Waals surface area contributed by atoms with E-state index in [-0.39, 0.29) is 11.5 Å². The molecule has 0 bridgehead atoms. The standard InChI is InChI=1S/C12H22N2O2/c1-10(2)13(3)8-11(15)14-6-7-16-12(9-14)4-5-12/h10H,4-9H2,1-3H3. The molecule has 0 atom stereocenters. The van der Waals surface area contributed by atoms with Crippen LogP contribution in [0.25, 0.3) is 0 Å². The topological polar surface area (TPSA) is 32.8 Å². The normalized spacial score (nSPS) is 23.2. The van der Waals surface area contributed by atoms with Crippen molar-refractivity contribution in [3.63, 3.8) is 0 Å². The highest BCUT2D eigenvalue weighted by Crippen LogP contribution is 2.41. The fourth-order valence-corrected chi connectivity index (χ4v) is 2.00. The van der Waals surface area contributed by atoms with E-state index in [2.05, 4.69) is 18.7 Å². The maximum absolute atomic E-state index is 12.1. The molecule has 92 valence electrons. The van der Waals surface area contributed by atoms with Crippen molar-refractivity contribution in [2.45, 2.75) is 38.3 Å². The van der Waals surface area contributed by atoms with Gasteiger partial charge in [0.25, 0.3) is 0 Å². The summed E-state index contributed by atoms with van der Waals surface area (Å²) in [6.45, 7) is 7.00. The second kappa shape index (κ2) is 4.34. The van der Waals surface area contributed by atoms with E-state index < -0.39 is 0 Å². The first-order valence-corrected chi connectivity index (χ1v) is 6.14. The maximum atomic E-state index is 12.1. The first-order valence-electron chi connectivity index (χ1n) is 6.14. The zero-order valence-electron chi connectivity index (χ0n) is 10.5. The molecule has 1 saturated heterocycles. The lowest BCUT2D eigenvalue weighted by Gasteiger charge is -2.34. The van der Waals surface area contributed by atoms with Crippen LogP contribution in [0.1, 0.15) is 26.7 Å². The Labute approximate surface area is 97.5 Å². The van der Waals surface area contributed by atoms with Gasteiger partial charge < -0.3 is 9.64 Å². The van der Waals surface area contributed by atoms with Crippen molar-refractivity contribution < 1.29 is 9.53 Å². The van der Waals surface area contributed by atoms with Gasteiger partial charge in [-0.2, -0.15) is 0 Å². The lowest BCUT2D eigenvalue weighted by Crippen LogP contribution is -2.50. The Morgan fingerprint density at radius 1 is 1.50 bits per heavy atom. The first-order chi connectivity index (χ1) is 7.52. The van der Waals surface area contributed by atoms with Crippen molar-refractivity contribution >= 4 is 5.91 Å². The zero-order valence-corrected chi connectivity index (χ0v) is 10.5. The van der Waals surface area contributed by atoms with E-state index >= 15 is 0 Å². The monoisotopic (exact) mass is 226 g/mol. The highest BCUT2D eigenvalue weighted by atomic mass is 16.5. The molecule has 0 aromatic carbocycles. The van der Waals surface area contributed by atoms with Crippen LogP contribution in [-0.2, 0) is 9.53 Å². The van der Waals surface area contributed by atoms with Gasteiger partial charge in [0, 0.05) is 19.1 Å². The van der Waals surface area contributed by atoms with Gasteiger partial charge in [-0.3, -0.25) is 9.69 Å². The molecular formula is C12H22N2O2. The number of rotatable bonds is 3. The van der Waals surface area contributed by atoms with Crippen molar-refractivity contribution in [3.8, 4) is 0 Å². The number of hydrogen-bond acceptors (Lipinski definition) is 3. The second-order valence-electron chi connectivity index (χ2n) is 5.36. The Morgan fingerprint density at radius 2 is 2.19 bits per heavy atom. The number of carbonyl (C=O) groups excluding carboxylic acids is 1. The molecule has 4 nitrogen and oxygen atoms in total. The van der Waals surface area contributed by atoms with Crippen LogP contribution in [0.15, 0.2) is 0 Å². The Bertz CT molecular complexity index is 274. The fourth-order valence-electron chi connectivity index (χ4n) is 2.00. The number of hydrogen-bond donors (Lipinski definition) is 0. The van der Waals surface area contributed by atoms with E-state index in [4.69, 9.17) is 4.74 Å². The van der Waals surface area contributed by atoms with Gasteiger partial charge in [0.15, 0.2) is 0 Å². The highest BCUT2D eigenvalue weighted by Gasteiger charge is 2.48. The van der Waals surface area contributed by atoms with Gasteiger partial charge in [0.05, 0.1) is 18.8 Å². The van der Waals surface area contributed by atoms with Gasteiger partial charge in [-0.05, 0) is 33.7 Å². The summed E-state index contributed by atoms with van der Waals surface area (Å²) < 4.78 is 5.70. The minimum Gasteiger partial charge on any atom is -0.371 e. The Kier molecular flexibility index (Phi) is 3.22. The van der Waals surface area contributed by atoms with Gasteiger partial charge in [0.1, 0.15) is 0 Å². The third-order valence-electron chi connectivity index (χ3n) is 3.68. The number of likely N-dealkylation sites (N-methyl/N-ethyl adjacent to an activating group) is 1. The molecule has 1 spiro atoms. The minimum absolute atomic E-state index is 0.0459. The van der Waals surface area contributed by atoms with Gasteiger partial charge >= 0.3 is 0 Å². The second-order valence-corrected chi connectivity index (χ2v) is 5.36. The van der Waals surface area contributed by atoms with E-state index in [1.165, 1.54) is 0 Å². The first kappa shape index (κ1) is 11.9. The van der Waals surface area contributed by atoms with Crippen molar-refractivity contribution in [2.24, 2.45) is 0 Å². The van der Waals surface area contributed by atoms with Crippen LogP contribution in [0, 0.1) is 0 Å². The Morgan fingerprint density at radius 3 is 2.75 bits per heavy atom. The predicted molar refractivity (Wildman–Crippen MR) is 62.3 cm³/mol. The van der Waals surface area contributed by atoms with Crippen LogP contribution >= 0.6 is 0 Å². The van der Waals surface area contributed by atoms with Gasteiger partial charge in [-0.15, -0.1) is 0 Å². The molecule has 1 heterocycles. The van der Waals surface area contributed by atoms with Crippen LogP contribution in [-0.4, -0.2) is 60.6 Å². The lowest BCUT2D eigenvalue weighted by molar-refractivity contribution is -0.141. The van der Waals surface area contributed by atoms with E-state index in [1.807, 2.05) is 11.9 Å². The lowest BCUT2D eigenvalue weighted by atomic mass is 10.2.